The van der Waals surface area contributed by atoms with Gasteiger partial charge in [0.05, 0.1) is 34.7 Å². The summed E-state index contributed by atoms with van der Waals surface area (Å²) in [4.78, 5) is 39.3. The first-order valence-corrected chi connectivity index (χ1v) is 12.2. The van der Waals surface area contributed by atoms with E-state index < -0.39 is 17.9 Å². The number of carbonyl (C=O) groups excluding carboxylic acids is 1. The first-order valence-electron chi connectivity index (χ1n) is 11.3. The highest BCUT2D eigenvalue weighted by molar-refractivity contribution is 7.99. The largest absolute Gasteiger partial charge is 0.478 e. The number of hydrogen-bond donors (Lipinski definition) is 2. The van der Waals surface area contributed by atoms with Crippen LogP contribution in [0, 0.1) is 0 Å². The van der Waals surface area contributed by atoms with E-state index in [-0.39, 0.29) is 17.7 Å². The van der Waals surface area contributed by atoms with Crippen molar-refractivity contribution >= 4 is 46.7 Å². The number of carboxylic acids is 2. The average molecular weight is 492 g/mol. The molecular formula is C27H25NO6S. The van der Waals surface area contributed by atoms with Gasteiger partial charge in [-0.05, 0) is 79.4 Å². The molecule has 0 aliphatic carbocycles. The third kappa shape index (κ3) is 4.37. The Labute approximate surface area is 207 Å². The molecule has 180 valence electrons. The van der Waals surface area contributed by atoms with Gasteiger partial charge < -0.3 is 19.8 Å². The van der Waals surface area contributed by atoms with Crippen LogP contribution in [0.4, 0.5) is 17.1 Å². The summed E-state index contributed by atoms with van der Waals surface area (Å²) in [5.74, 6) is -2.43. The van der Waals surface area contributed by atoms with Crippen LogP contribution in [0.3, 0.4) is 0 Å². The lowest BCUT2D eigenvalue weighted by atomic mass is 9.93. The van der Waals surface area contributed by atoms with E-state index in [0.717, 1.165) is 33.1 Å². The molecule has 3 aromatic rings. The van der Waals surface area contributed by atoms with Gasteiger partial charge >= 0.3 is 17.9 Å². The minimum atomic E-state index is -1.04. The smallest absolute Gasteiger partial charge is 0.338 e. The van der Waals surface area contributed by atoms with Crippen molar-refractivity contribution in [1.82, 2.24) is 0 Å². The SMILES string of the molecule is CCOC(=O)c1ccc(N2c3ccc(C(=O)O)cc3Sc3cc(C(=O)O)c(CC)c(CC)c32)cc1. The monoisotopic (exact) mass is 491 g/mol. The minimum Gasteiger partial charge on any atom is -0.478 e. The average Bonchev–Trinajstić information content (AvgIpc) is 2.85. The number of carboxylic acid groups (broad SMARTS) is 2. The fraction of sp³-hybridized carbons (Fsp3) is 0.222. The van der Waals surface area contributed by atoms with Gasteiger partial charge in [-0.1, -0.05) is 25.6 Å². The van der Waals surface area contributed by atoms with E-state index in [2.05, 4.69) is 0 Å². The quantitative estimate of drug-likeness (QED) is 0.290. The molecule has 0 bridgehead atoms. The van der Waals surface area contributed by atoms with E-state index in [1.54, 1.807) is 43.3 Å². The number of anilines is 3. The molecule has 0 aromatic heterocycles. The van der Waals surface area contributed by atoms with Gasteiger partial charge in [-0.2, -0.15) is 0 Å². The molecule has 0 amide bonds. The normalized spacial score (nSPS) is 12.0. The third-order valence-corrected chi connectivity index (χ3v) is 7.03. The van der Waals surface area contributed by atoms with E-state index in [0.29, 0.717) is 23.3 Å². The van der Waals surface area contributed by atoms with Crippen LogP contribution in [0.5, 0.6) is 0 Å². The van der Waals surface area contributed by atoms with Crippen molar-refractivity contribution in [3.05, 3.63) is 76.3 Å². The molecule has 8 heteroatoms. The molecule has 0 unspecified atom stereocenters. The van der Waals surface area contributed by atoms with Gasteiger partial charge in [-0.15, -0.1) is 0 Å². The maximum Gasteiger partial charge on any atom is 0.338 e. The number of rotatable bonds is 7. The number of hydrogen-bond acceptors (Lipinski definition) is 6. The van der Waals surface area contributed by atoms with Crippen LogP contribution in [-0.4, -0.2) is 34.7 Å². The molecule has 0 saturated heterocycles. The second kappa shape index (κ2) is 9.84. The lowest BCUT2D eigenvalue weighted by Gasteiger charge is -2.36. The highest BCUT2D eigenvalue weighted by Crippen LogP contribution is 2.54. The van der Waals surface area contributed by atoms with E-state index in [4.69, 9.17) is 4.74 Å². The number of esters is 1. The molecule has 1 aliphatic rings. The summed E-state index contributed by atoms with van der Waals surface area (Å²) in [6.45, 7) is 5.97. The van der Waals surface area contributed by atoms with Gasteiger partial charge in [0, 0.05) is 15.5 Å². The lowest BCUT2D eigenvalue weighted by Crippen LogP contribution is -2.20. The summed E-state index contributed by atoms with van der Waals surface area (Å²) in [6.07, 6.45) is 1.18. The number of benzene rings is 3. The van der Waals surface area contributed by atoms with Crippen molar-refractivity contribution in [2.24, 2.45) is 0 Å². The summed E-state index contributed by atoms with van der Waals surface area (Å²) in [5.41, 5.74) is 4.96. The van der Waals surface area contributed by atoms with Crippen molar-refractivity contribution in [1.29, 1.82) is 0 Å². The second-order valence-electron chi connectivity index (χ2n) is 7.93. The zero-order valence-electron chi connectivity index (χ0n) is 19.6. The van der Waals surface area contributed by atoms with E-state index in [1.807, 2.05) is 30.9 Å². The standard InChI is InChI=1S/C27H25NO6S/c1-4-18-19(5-2)24-23(14-20(18)26(31)32)35-22-13-16(25(29)30)9-12-21(22)28(24)17-10-7-15(8-11-17)27(33)34-6-3/h7-14H,4-6H2,1-3H3,(H,29,30)(H,31,32). The van der Waals surface area contributed by atoms with Crippen LogP contribution in [0.2, 0.25) is 0 Å². The fourth-order valence-electron chi connectivity index (χ4n) is 4.42. The van der Waals surface area contributed by atoms with Crippen molar-refractivity contribution in [3.8, 4) is 0 Å². The predicted molar refractivity (Wildman–Crippen MR) is 134 cm³/mol. The van der Waals surface area contributed by atoms with Crippen LogP contribution in [0.15, 0.2) is 58.3 Å². The van der Waals surface area contributed by atoms with E-state index in [1.165, 1.54) is 11.8 Å². The molecule has 1 aliphatic heterocycles. The zero-order chi connectivity index (χ0) is 25.3. The summed E-state index contributed by atoms with van der Waals surface area (Å²) >= 11 is 1.36. The molecule has 35 heavy (non-hydrogen) atoms. The molecule has 0 fully saturated rings. The minimum absolute atomic E-state index is 0.150. The summed E-state index contributed by atoms with van der Waals surface area (Å²) in [7, 11) is 0. The molecular weight excluding hydrogens is 466 g/mol. The Kier molecular flexibility index (Phi) is 6.84. The topological polar surface area (TPSA) is 104 Å². The molecule has 0 saturated carbocycles. The lowest BCUT2D eigenvalue weighted by molar-refractivity contribution is 0.0525. The van der Waals surface area contributed by atoms with Crippen molar-refractivity contribution in [2.45, 2.75) is 43.4 Å². The number of fused-ring (bicyclic) bond motifs is 2. The molecule has 0 spiro atoms. The molecule has 7 nitrogen and oxygen atoms in total. The van der Waals surface area contributed by atoms with Gasteiger partial charge in [0.1, 0.15) is 0 Å². The van der Waals surface area contributed by atoms with Crippen molar-refractivity contribution in [3.63, 3.8) is 0 Å². The van der Waals surface area contributed by atoms with E-state index in [9.17, 15) is 24.6 Å². The fourth-order valence-corrected chi connectivity index (χ4v) is 5.60. The molecule has 3 aromatic carbocycles. The number of carbonyl (C=O) groups is 3. The van der Waals surface area contributed by atoms with Gasteiger partial charge in [0.15, 0.2) is 0 Å². The van der Waals surface area contributed by atoms with Crippen molar-refractivity contribution in [2.75, 3.05) is 11.5 Å². The first kappa shape index (κ1) is 24.3. The van der Waals surface area contributed by atoms with Gasteiger partial charge in [0.25, 0.3) is 0 Å². The second-order valence-corrected chi connectivity index (χ2v) is 9.02. The summed E-state index contributed by atoms with van der Waals surface area (Å²) < 4.78 is 5.10. The van der Waals surface area contributed by atoms with Crippen molar-refractivity contribution < 1.29 is 29.3 Å². The van der Waals surface area contributed by atoms with Crippen LogP contribution in [0.1, 0.15) is 63.0 Å². The Morgan fingerprint density at radius 3 is 2.06 bits per heavy atom. The molecule has 4 rings (SSSR count). The summed E-state index contributed by atoms with van der Waals surface area (Å²) in [6, 6.07) is 13.6. The Hall–Kier alpha value is -3.78. The maximum atomic E-state index is 12.2. The summed E-state index contributed by atoms with van der Waals surface area (Å²) in [5, 5.41) is 19.4. The third-order valence-electron chi connectivity index (χ3n) is 5.95. The van der Waals surface area contributed by atoms with Crippen LogP contribution >= 0.6 is 11.8 Å². The Bertz CT molecular complexity index is 1330. The number of ether oxygens (including phenoxy) is 1. The molecule has 0 radical (unpaired) electrons. The molecule has 1 heterocycles. The van der Waals surface area contributed by atoms with Crippen LogP contribution in [0.25, 0.3) is 0 Å². The molecule has 0 atom stereocenters. The van der Waals surface area contributed by atoms with E-state index >= 15 is 0 Å². The number of nitrogens with zero attached hydrogens (tertiary/aromatic N) is 1. The molecule has 2 N–H and O–H groups in total. The van der Waals surface area contributed by atoms with Gasteiger partial charge in [-0.25, -0.2) is 14.4 Å². The maximum absolute atomic E-state index is 12.2. The van der Waals surface area contributed by atoms with Gasteiger partial charge in [-0.3, -0.25) is 0 Å². The highest BCUT2D eigenvalue weighted by Gasteiger charge is 2.31. The van der Waals surface area contributed by atoms with Crippen LogP contribution in [-0.2, 0) is 17.6 Å². The predicted octanol–water partition coefficient (Wildman–Crippen LogP) is 6.32. The van der Waals surface area contributed by atoms with Crippen LogP contribution < -0.4 is 4.90 Å². The Balaban J connectivity index is 1.97. The van der Waals surface area contributed by atoms with Gasteiger partial charge in [0.2, 0.25) is 0 Å². The Morgan fingerprint density at radius 2 is 1.49 bits per heavy atom. The Morgan fingerprint density at radius 1 is 0.829 bits per heavy atom. The zero-order valence-corrected chi connectivity index (χ0v) is 20.4. The highest BCUT2D eigenvalue weighted by atomic mass is 32.2. The number of aromatic carboxylic acids is 2. The first-order chi connectivity index (χ1) is 16.8.